The Kier molecular flexibility index (Phi) is 7.02. The second-order valence-corrected chi connectivity index (χ2v) is 7.19. The van der Waals surface area contributed by atoms with E-state index in [0.717, 1.165) is 0 Å². The van der Waals surface area contributed by atoms with Gasteiger partial charge in [0.1, 0.15) is 41.9 Å². The molecule has 7 N–H and O–H groups in total. The van der Waals surface area contributed by atoms with Gasteiger partial charge in [-0.3, -0.25) is 0 Å². The minimum absolute atomic E-state index is 0.0796. The minimum atomic E-state index is -1.88. The number of aliphatic hydroxyl groups excluding tert-OH is 5. The van der Waals surface area contributed by atoms with E-state index in [0.29, 0.717) is 0 Å². The van der Waals surface area contributed by atoms with Crippen molar-refractivity contribution >= 4 is 0 Å². The van der Waals surface area contributed by atoms with E-state index in [1.54, 1.807) is 0 Å². The molecular formula is C18H26O12. The Morgan fingerprint density at radius 2 is 1.80 bits per heavy atom. The van der Waals surface area contributed by atoms with Gasteiger partial charge in [-0.1, -0.05) is 0 Å². The summed E-state index contributed by atoms with van der Waals surface area (Å²) in [6.45, 7) is -1.51. The Morgan fingerprint density at radius 1 is 1.07 bits per heavy atom. The molecule has 0 radical (unpaired) electrons. The number of aliphatic hydroxyl groups is 6. The standard InChI is InChI=1S/C18H26O12/c1-26-10-4-8(20)2-3-9(10)29-16-14(23)13(22)12(21)11(30-16)5-27-17-15(24)18(25,6-19)7-28-17/h2-4,11-17,19-25H,5-7H2,1H3/t11-,12-,13+,14-,15+,16-,17-,18?/m1/s1. The smallest absolute Gasteiger partial charge is 0.229 e. The fraction of sp³-hybridized carbons (Fsp3) is 0.667. The molecule has 1 unspecified atom stereocenters. The molecule has 2 aliphatic rings. The summed E-state index contributed by atoms with van der Waals surface area (Å²) in [5, 5.41) is 69.2. The van der Waals surface area contributed by atoms with E-state index in [2.05, 4.69) is 0 Å². The van der Waals surface area contributed by atoms with Crippen LogP contribution in [0.5, 0.6) is 17.2 Å². The molecule has 2 aliphatic heterocycles. The predicted molar refractivity (Wildman–Crippen MR) is 95.7 cm³/mol. The molecule has 0 bridgehead atoms. The van der Waals surface area contributed by atoms with Crippen LogP contribution in [0, 0.1) is 0 Å². The van der Waals surface area contributed by atoms with Crippen molar-refractivity contribution in [3.63, 3.8) is 0 Å². The Labute approximate surface area is 171 Å². The van der Waals surface area contributed by atoms with Crippen LogP contribution in [-0.4, -0.2) is 111 Å². The normalized spacial score (nSPS) is 39.1. The molecule has 2 heterocycles. The van der Waals surface area contributed by atoms with Gasteiger partial charge in [-0.15, -0.1) is 0 Å². The van der Waals surface area contributed by atoms with E-state index in [-0.39, 0.29) is 23.9 Å². The van der Waals surface area contributed by atoms with Crippen LogP contribution in [0.1, 0.15) is 0 Å². The lowest BCUT2D eigenvalue weighted by atomic mass is 9.99. The Balaban J connectivity index is 1.66. The largest absolute Gasteiger partial charge is 0.508 e. The predicted octanol–water partition coefficient (Wildman–Crippen LogP) is -2.96. The quantitative estimate of drug-likeness (QED) is 0.231. The van der Waals surface area contributed by atoms with Gasteiger partial charge in [0.2, 0.25) is 6.29 Å². The van der Waals surface area contributed by atoms with Crippen LogP contribution in [0.4, 0.5) is 0 Å². The summed E-state index contributed by atoms with van der Waals surface area (Å²) in [5.41, 5.74) is -1.88. The SMILES string of the molecule is COc1cc(O)ccc1O[C@@H]1O[C@H](CO[C@@H]2OCC(O)(CO)[C@H]2O)[C@@H](O)[C@H](O)[C@H]1O. The van der Waals surface area contributed by atoms with E-state index in [1.165, 1.54) is 25.3 Å². The number of phenols is 1. The number of ether oxygens (including phenoxy) is 5. The summed E-state index contributed by atoms with van der Waals surface area (Å²) in [7, 11) is 1.34. The number of hydrogen-bond donors (Lipinski definition) is 7. The Hall–Kier alpha value is -1.74. The first-order valence-electron chi connectivity index (χ1n) is 9.18. The van der Waals surface area contributed by atoms with Crippen LogP contribution in [0.25, 0.3) is 0 Å². The summed E-state index contributed by atoms with van der Waals surface area (Å²) >= 11 is 0. The zero-order valence-electron chi connectivity index (χ0n) is 16.1. The van der Waals surface area contributed by atoms with Gasteiger partial charge in [0.15, 0.2) is 17.8 Å². The van der Waals surface area contributed by atoms with Crippen LogP contribution < -0.4 is 9.47 Å². The lowest BCUT2D eigenvalue weighted by Crippen LogP contribution is -2.60. The van der Waals surface area contributed by atoms with Crippen molar-refractivity contribution in [3.8, 4) is 17.2 Å². The van der Waals surface area contributed by atoms with Gasteiger partial charge < -0.3 is 59.4 Å². The number of hydrogen-bond acceptors (Lipinski definition) is 12. The molecule has 2 fully saturated rings. The van der Waals surface area contributed by atoms with E-state index in [4.69, 9.17) is 28.8 Å². The van der Waals surface area contributed by atoms with Gasteiger partial charge in [-0.05, 0) is 12.1 Å². The van der Waals surface area contributed by atoms with E-state index in [1.807, 2.05) is 0 Å². The van der Waals surface area contributed by atoms with Crippen LogP contribution in [0.3, 0.4) is 0 Å². The third-order valence-corrected chi connectivity index (χ3v) is 5.06. The fourth-order valence-electron chi connectivity index (χ4n) is 3.15. The van der Waals surface area contributed by atoms with Crippen molar-refractivity contribution in [1.29, 1.82) is 0 Å². The summed E-state index contributed by atoms with van der Waals surface area (Å²) in [4.78, 5) is 0. The lowest BCUT2D eigenvalue weighted by Gasteiger charge is -2.40. The highest BCUT2D eigenvalue weighted by atomic mass is 16.7. The highest BCUT2D eigenvalue weighted by Crippen LogP contribution is 2.34. The number of rotatable bonds is 7. The van der Waals surface area contributed by atoms with Crippen molar-refractivity contribution in [3.05, 3.63) is 18.2 Å². The molecule has 170 valence electrons. The van der Waals surface area contributed by atoms with E-state index >= 15 is 0 Å². The van der Waals surface area contributed by atoms with Crippen LogP contribution in [-0.2, 0) is 14.2 Å². The number of aromatic hydroxyl groups is 1. The zero-order chi connectivity index (χ0) is 22.1. The monoisotopic (exact) mass is 434 g/mol. The molecule has 1 aromatic carbocycles. The molecule has 3 rings (SSSR count). The molecule has 0 aliphatic carbocycles. The second-order valence-electron chi connectivity index (χ2n) is 7.19. The summed E-state index contributed by atoms with van der Waals surface area (Å²) in [6.07, 6.45) is -10.3. The van der Waals surface area contributed by atoms with Gasteiger partial charge in [0.25, 0.3) is 0 Å². The first-order chi connectivity index (χ1) is 14.2. The average molecular weight is 434 g/mol. The lowest BCUT2D eigenvalue weighted by molar-refractivity contribution is -0.289. The molecule has 30 heavy (non-hydrogen) atoms. The maximum atomic E-state index is 10.2. The van der Waals surface area contributed by atoms with Crippen LogP contribution in [0.15, 0.2) is 18.2 Å². The van der Waals surface area contributed by atoms with Gasteiger partial charge in [0.05, 0.1) is 26.9 Å². The van der Waals surface area contributed by atoms with Crippen molar-refractivity contribution in [1.82, 2.24) is 0 Å². The summed E-state index contributed by atoms with van der Waals surface area (Å²) in [6, 6.07) is 3.96. The number of phenolic OH excluding ortho intramolecular Hbond substituents is 1. The molecule has 0 amide bonds. The summed E-state index contributed by atoms with van der Waals surface area (Å²) in [5.74, 6) is 0.166. The molecule has 0 aromatic heterocycles. The van der Waals surface area contributed by atoms with Gasteiger partial charge in [-0.25, -0.2) is 0 Å². The van der Waals surface area contributed by atoms with Crippen LogP contribution >= 0.6 is 0 Å². The minimum Gasteiger partial charge on any atom is -0.508 e. The van der Waals surface area contributed by atoms with Crippen molar-refractivity contribution in [2.24, 2.45) is 0 Å². The molecule has 12 heteroatoms. The Morgan fingerprint density at radius 3 is 2.43 bits per heavy atom. The molecular weight excluding hydrogens is 408 g/mol. The van der Waals surface area contributed by atoms with Crippen molar-refractivity contribution in [2.75, 3.05) is 26.9 Å². The molecule has 0 spiro atoms. The van der Waals surface area contributed by atoms with E-state index < -0.39 is 61.9 Å². The average Bonchev–Trinajstić information content (AvgIpc) is 3.03. The number of methoxy groups -OCH3 is 1. The van der Waals surface area contributed by atoms with E-state index in [9.17, 15) is 30.6 Å². The molecule has 2 saturated heterocycles. The van der Waals surface area contributed by atoms with Gasteiger partial charge in [-0.2, -0.15) is 0 Å². The second kappa shape index (κ2) is 9.18. The maximum Gasteiger partial charge on any atom is 0.229 e. The molecule has 1 aromatic rings. The first kappa shape index (κ1) is 22.9. The Bertz CT molecular complexity index is 716. The highest BCUT2D eigenvalue weighted by molar-refractivity contribution is 5.45. The van der Waals surface area contributed by atoms with Gasteiger partial charge >= 0.3 is 0 Å². The topological polar surface area (TPSA) is 188 Å². The molecule has 12 nitrogen and oxygen atoms in total. The highest BCUT2D eigenvalue weighted by Gasteiger charge is 2.50. The molecule has 0 saturated carbocycles. The number of benzene rings is 1. The molecule has 8 atom stereocenters. The van der Waals surface area contributed by atoms with Crippen molar-refractivity contribution in [2.45, 2.75) is 48.7 Å². The zero-order valence-corrected chi connectivity index (χ0v) is 16.1. The first-order valence-corrected chi connectivity index (χ1v) is 9.18. The fourth-order valence-corrected chi connectivity index (χ4v) is 3.15. The van der Waals surface area contributed by atoms with Crippen LogP contribution in [0.2, 0.25) is 0 Å². The third-order valence-electron chi connectivity index (χ3n) is 5.06. The van der Waals surface area contributed by atoms with Gasteiger partial charge in [0, 0.05) is 6.07 Å². The third kappa shape index (κ3) is 4.46. The summed E-state index contributed by atoms with van der Waals surface area (Å²) < 4.78 is 26.6. The maximum absolute atomic E-state index is 10.2. The van der Waals surface area contributed by atoms with Crippen molar-refractivity contribution < 1.29 is 59.4 Å².